The van der Waals surface area contributed by atoms with Gasteiger partial charge in [0.15, 0.2) is 5.82 Å². The van der Waals surface area contributed by atoms with Crippen LogP contribution in [0.5, 0.6) is 11.8 Å². The number of benzene rings is 3. The number of carbonyl (C=O) groups is 3. The topological polar surface area (TPSA) is 176 Å². The number of aldehydes is 1. The van der Waals surface area contributed by atoms with Crippen molar-refractivity contribution >= 4 is 89.6 Å². The number of pyridine rings is 1. The van der Waals surface area contributed by atoms with Gasteiger partial charge in [-0.15, -0.1) is 11.3 Å². The summed E-state index contributed by atoms with van der Waals surface area (Å²) >= 11 is 8.01. The van der Waals surface area contributed by atoms with Gasteiger partial charge in [-0.25, -0.2) is 18.6 Å². The highest BCUT2D eigenvalue weighted by Crippen LogP contribution is 2.48. The first-order valence-electron chi connectivity index (χ1n) is 30.3. The molecule has 16 nitrogen and oxygen atoms in total. The number of hydrogen-bond donors (Lipinski definition) is 1. The van der Waals surface area contributed by atoms with Gasteiger partial charge in [0.2, 0.25) is 0 Å². The van der Waals surface area contributed by atoms with Gasteiger partial charge < -0.3 is 33.6 Å². The largest absolute Gasteiger partial charge is 0.493 e. The summed E-state index contributed by atoms with van der Waals surface area (Å²) < 4.78 is 58.0. The van der Waals surface area contributed by atoms with Crippen LogP contribution in [-0.2, 0) is 32.0 Å². The van der Waals surface area contributed by atoms with Gasteiger partial charge >= 0.3 is 12.1 Å². The van der Waals surface area contributed by atoms with E-state index in [0.717, 1.165) is 108 Å². The van der Waals surface area contributed by atoms with Crippen LogP contribution in [0.2, 0.25) is 5.02 Å². The monoisotopic (exact) mass is 1220 g/mol. The molecule has 9 heterocycles. The summed E-state index contributed by atoms with van der Waals surface area (Å²) in [5, 5.41) is 14.5. The molecule has 6 aromatic rings. The smallest absolute Gasteiger partial charge is 0.412 e. The number of fused-ring (bicyclic) bond motifs is 7. The fraction of sp³-hybridized carbons (Fsp3) is 0.448. The normalized spacial score (nSPS) is 20.5. The highest BCUT2D eigenvalue weighted by molar-refractivity contribution is 7.23. The predicted octanol–water partition coefficient (Wildman–Crippen LogP) is 13.9. The van der Waals surface area contributed by atoms with Crippen LogP contribution in [0.3, 0.4) is 0 Å². The fourth-order valence-electron chi connectivity index (χ4n) is 13.9. The molecule has 4 unspecified atom stereocenters. The zero-order chi connectivity index (χ0) is 62.0. The van der Waals surface area contributed by atoms with Crippen molar-refractivity contribution in [2.24, 2.45) is 5.92 Å². The van der Waals surface area contributed by atoms with E-state index in [4.69, 9.17) is 45.5 Å². The predicted molar refractivity (Wildman–Crippen MR) is 337 cm³/mol. The lowest BCUT2D eigenvalue weighted by atomic mass is 9.88. The Balaban J connectivity index is 0.00000388. The van der Waals surface area contributed by atoms with Gasteiger partial charge in [-0.05, 0) is 145 Å². The van der Waals surface area contributed by atoms with E-state index in [-0.39, 0.29) is 84.4 Å². The first-order chi connectivity index (χ1) is 41.7. The number of aryl methyl sites for hydroxylation is 1. The Kier molecular flexibility index (Phi) is 16.9. The number of carbonyl (C=O) groups excluding carboxylic acids is 3. The van der Waals surface area contributed by atoms with E-state index in [0.29, 0.717) is 72.9 Å². The average Bonchev–Trinajstić information content (AvgIpc) is 1.86. The summed E-state index contributed by atoms with van der Waals surface area (Å²) in [6, 6.07) is 11.5. The lowest BCUT2D eigenvalue weighted by Gasteiger charge is -2.42. The fourth-order valence-corrected chi connectivity index (χ4v) is 15.3. The maximum atomic E-state index is 17.9. The molecule has 0 saturated carbocycles. The van der Waals surface area contributed by atoms with Crippen molar-refractivity contribution in [1.29, 1.82) is 5.26 Å². The minimum Gasteiger partial charge on any atom is -0.493 e. The van der Waals surface area contributed by atoms with Gasteiger partial charge in [-0.2, -0.15) is 15.2 Å². The van der Waals surface area contributed by atoms with E-state index in [9.17, 15) is 19.6 Å². The number of rotatable bonds is 14. The minimum atomic E-state index is -0.855. The van der Waals surface area contributed by atoms with Crippen LogP contribution in [0.4, 0.5) is 24.4 Å². The van der Waals surface area contributed by atoms with Gasteiger partial charge in [0.05, 0.1) is 55.6 Å². The molecule has 4 saturated heterocycles. The molecule has 6 aliphatic heterocycles. The minimum absolute atomic E-state index is 0.0155. The van der Waals surface area contributed by atoms with Crippen molar-refractivity contribution in [2.45, 2.75) is 143 Å². The number of aromatic nitrogens is 3. The molecule has 0 aliphatic carbocycles. The summed E-state index contributed by atoms with van der Waals surface area (Å²) in [6.07, 6.45) is 8.34. The third-order valence-electron chi connectivity index (χ3n) is 18.0. The number of nitrogens with one attached hydrogen (secondary N) is 1. The number of nitriles is 1. The molecular weight excluding hydrogens is 1150 g/mol. The van der Waals surface area contributed by atoms with Gasteiger partial charge in [0, 0.05) is 71.0 Å². The third-order valence-corrected chi connectivity index (χ3v) is 19.4. The number of ether oxygens (including phenoxy) is 4. The maximum Gasteiger partial charge on any atom is 0.412 e. The van der Waals surface area contributed by atoms with Crippen LogP contribution >= 0.6 is 22.9 Å². The van der Waals surface area contributed by atoms with E-state index in [1.807, 2.05) is 50.9 Å². The summed E-state index contributed by atoms with van der Waals surface area (Å²) in [6.45, 7) is 27.4. The van der Waals surface area contributed by atoms with E-state index < -0.39 is 29.4 Å². The van der Waals surface area contributed by atoms with E-state index >= 15 is 8.78 Å². The third kappa shape index (κ3) is 11.0. The highest BCUT2D eigenvalue weighted by Gasteiger charge is 2.47. The SMILES string of the molecule is C=C(C(=O)N1C2CCC1CN(c1nc(OCC34CCCN3CCC4)nc3c(F)c(-c4ccc(F)c5sc(NC(=O)OC(C)(C)C)c(C#N)c45)c(Cl)cc13)C2)C(C)Oc1ccc2nc3c(c(CC)c2c1)CN(C)/C3=C\C1=C(C=O)COC(=C)C1CC.CC. The summed E-state index contributed by atoms with van der Waals surface area (Å²) in [5.41, 5.74) is 5.51. The van der Waals surface area contributed by atoms with Crippen molar-refractivity contribution in [3.05, 3.63) is 117 Å². The van der Waals surface area contributed by atoms with Crippen LogP contribution < -0.4 is 19.7 Å². The number of halogens is 3. The van der Waals surface area contributed by atoms with Crippen LogP contribution in [0, 0.1) is 28.9 Å². The van der Waals surface area contributed by atoms with Crippen molar-refractivity contribution in [3.8, 4) is 29.0 Å². The number of hydrogen-bond acceptors (Lipinski definition) is 15. The molecule has 4 atom stereocenters. The molecule has 0 radical (unpaired) electrons. The van der Waals surface area contributed by atoms with E-state index in [1.165, 1.54) is 12.1 Å². The Bertz CT molecular complexity index is 3920. The second-order valence-corrected chi connectivity index (χ2v) is 25.7. The first-order valence-corrected chi connectivity index (χ1v) is 31.5. The molecule has 3 aromatic heterocycles. The average molecular weight is 1220 g/mol. The maximum absolute atomic E-state index is 17.9. The molecule has 2 bridgehead atoms. The van der Waals surface area contributed by atoms with Crippen LogP contribution in [0.25, 0.3) is 48.7 Å². The summed E-state index contributed by atoms with van der Waals surface area (Å²) in [7, 11) is 2.04. The number of thiophene rings is 1. The van der Waals surface area contributed by atoms with Gasteiger partial charge in [-0.3, -0.25) is 19.8 Å². The van der Waals surface area contributed by atoms with Crippen molar-refractivity contribution in [1.82, 2.24) is 29.7 Å². The Hall–Kier alpha value is -7.66. The number of anilines is 2. The molecule has 87 heavy (non-hydrogen) atoms. The van der Waals surface area contributed by atoms with Crippen molar-refractivity contribution < 1.29 is 42.1 Å². The Morgan fingerprint density at radius 2 is 1.77 bits per heavy atom. The molecule has 20 heteroatoms. The van der Waals surface area contributed by atoms with Gasteiger partial charge in [0.25, 0.3) is 5.91 Å². The molecule has 456 valence electrons. The Labute approximate surface area is 515 Å². The Morgan fingerprint density at radius 3 is 2.44 bits per heavy atom. The summed E-state index contributed by atoms with van der Waals surface area (Å²) in [4.78, 5) is 63.5. The van der Waals surface area contributed by atoms with Gasteiger partial charge in [0.1, 0.15) is 65.2 Å². The van der Waals surface area contributed by atoms with Gasteiger partial charge in [-0.1, -0.05) is 58.5 Å². The molecule has 0 spiro atoms. The van der Waals surface area contributed by atoms with Crippen LogP contribution in [-0.4, -0.2) is 124 Å². The second-order valence-electron chi connectivity index (χ2n) is 24.3. The second kappa shape index (κ2) is 24.1. The van der Waals surface area contributed by atoms with Crippen molar-refractivity contribution in [2.75, 3.05) is 56.7 Å². The molecule has 2 amide bonds. The van der Waals surface area contributed by atoms with Crippen LogP contribution in [0.1, 0.15) is 123 Å². The quantitative estimate of drug-likeness (QED) is 0.0805. The van der Waals surface area contributed by atoms with E-state index in [2.05, 4.69) is 59.2 Å². The molecule has 6 aliphatic rings. The molecular formula is C67H74ClF2N9O7S. The highest BCUT2D eigenvalue weighted by atomic mass is 35.5. The lowest BCUT2D eigenvalue weighted by molar-refractivity contribution is -0.131. The number of nitrogens with zero attached hydrogens (tertiary/aromatic N) is 8. The molecule has 1 N–H and O–H groups in total. The zero-order valence-corrected chi connectivity index (χ0v) is 52.5. The van der Waals surface area contributed by atoms with Crippen LogP contribution in [0.15, 0.2) is 78.1 Å². The number of allylic oxidation sites excluding steroid dienone is 2. The molecule has 3 aromatic carbocycles. The summed E-state index contributed by atoms with van der Waals surface area (Å²) in [5.74, 6) is -0.193. The number of amides is 2. The number of piperazine rings is 1. The van der Waals surface area contributed by atoms with Crippen molar-refractivity contribution in [3.63, 3.8) is 0 Å². The Morgan fingerprint density at radius 1 is 1.05 bits per heavy atom. The molecule has 12 rings (SSSR count). The standard InChI is InChI=1S/C65H68ClF2N9O7S.C2H6/c1-10-41-36(5)81-32-37(31-78)44(41)26-52-56-48(30-74(52)9)42(11-2)45-24-40(16-19-51(45)70-56)83-35(4)34(3)61(79)77-38-14-15-39(77)29-75(28-38)59-46-25-49(66)54(55(68)57(46)71-62(72-59)82-33-65-20-12-22-76(65)23-13-21-65)43-17-18-50(67)58-53(43)47(27-69)60(85-58)73-63(80)84-64(6,7)8;1-2/h16-19,24-26,31,35,38-39,41H,3,5,10-15,20-23,28-30,32-33H2,1-2,4,6-9H3,(H,73,80);1-2H3/b52-26-;. The first kappa shape index (κ1) is 61.0. The van der Waals surface area contributed by atoms with E-state index in [1.54, 1.807) is 26.8 Å². The zero-order valence-electron chi connectivity index (χ0n) is 50.9. The lowest BCUT2D eigenvalue weighted by Crippen LogP contribution is -2.57. The molecule has 4 fully saturated rings.